The maximum Gasteiger partial charge on any atom is 0.267 e. The van der Waals surface area contributed by atoms with Gasteiger partial charge in [0.1, 0.15) is 0 Å². The van der Waals surface area contributed by atoms with Gasteiger partial charge in [0.05, 0.1) is 0 Å². The molecule has 0 atom stereocenters. The molecule has 0 heterocycles. The molecule has 0 saturated heterocycles. The molecule has 12 heavy (non-hydrogen) atoms. The summed E-state index contributed by atoms with van der Waals surface area (Å²) in [5.41, 5.74) is 3.74. The van der Waals surface area contributed by atoms with Crippen molar-refractivity contribution in [2.45, 2.75) is 20.8 Å². The standard InChI is InChI=1S/C9H12Cl2Si/c1-6-4-7(2)9(12(10)11)8(3)5-6/h4-5,12H,1-3H3. The molecule has 0 spiro atoms. The lowest BCUT2D eigenvalue weighted by Gasteiger charge is -2.10. The van der Waals surface area contributed by atoms with Crippen molar-refractivity contribution in [1.82, 2.24) is 0 Å². The van der Waals surface area contributed by atoms with Crippen molar-refractivity contribution in [3.05, 3.63) is 28.8 Å². The van der Waals surface area contributed by atoms with Crippen LogP contribution in [0.4, 0.5) is 0 Å². The van der Waals surface area contributed by atoms with E-state index in [1.165, 1.54) is 21.9 Å². The van der Waals surface area contributed by atoms with Crippen molar-refractivity contribution in [1.29, 1.82) is 0 Å². The highest BCUT2D eigenvalue weighted by Gasteiger charge is 2.12. The lowest BCUT2D eigenvalue weighted by Crippen LogP contribution is -2.24. The van der Waals surface area contributed by atoms with E-state index < -0.39 is 7.42 Å². The van der Waals surface area contributed by atoms with Gasteiger partial charge in [-0.1, -0.05) is 17.7 Å². The average molecular weight is 219 g/mol. The van der Waals surface area contributed by atoms with Crippen LogP contribution >= 0.6 is 22.2 Å². The van der Waals surface area contributed by atoms with Crippen LogP contribution in [0.25, 0.3) is 0 Å². The van der Waals surface area contributed by atoms with Crippen molar-refractivity contribution in [3.63, 3.8) is 0 Å². The summed E-state index contributed by atoms with van der Waals surface area (Å²) in [6, 6.07) is 4.26. The second kappa shape index (κ2) is 3.82. The van der Waals surface area contributed by atoms with Gasteiger partial charge in [0, 0.05) is 0 Å². The zero-order valence-electron chi connectivity index (χ0n) is 7.49. The predicted molar refractivity (Wildman–Crippen MR) is 59.1 cm³/mol. The molecule has 0 aliphatic heterocycles. The first-order chi connectivity index (χ1) is 5.52. The highest BCUT2D eigenvalue weighted by molar-refractivity contribution is 7.39. The molecule has 0 radical (unpaired) electrons. The fraction of sp³-hybridized carbons (Fsp3) is 0.333. The first kappa shape index (κ1) is 10.1. The third-order valence-electron chi connectivity index (χ3n) is 1.96. The van der Waals surface area contributed by atoms with Crippen LogP contribution in [0.2, 0.25) is 0 Å². The van der Waals surface area contributed by atoms with Crippen LogP contribution in [-0.4, -0.2) is 7.42 Å². The van der Waals surface area contributed by atoms with Gasteiger partial charge in [0.2, 0.25) is 0 Å². The Labute approximate surface area is 84.5 Å². The highest BCUT2D eigenvalue weighted by atomic mass is 35.7. The zero-order chi connectivity index (χ0) is 9.30. The molecular weight excluding hydrogens is 207 g/mol. The molecule has 0 nitrogen and oxygen atoms in total. The third kappa shape index (κ3) is 2.03. The van der Waals surface area contributed by atoms with E-state index >= 15 is 0 Å². The number of aryl methyl sites for hydroxylation is 3. The zero-order valence-corrected chi connectivity index (χ0v) is 10.2. The number of benzene rings is 1. The molecule has 0 aliphatic carbocycles. The quantitative estimate of drug-likeness (QED) is 0.503. The molecule has 66 valence electrons. The fourth-order valence-electron chi connectivity index (χ4n) is 1.54. The van der Waals surface area contributed by atoms with Crippen LogP contribution in [0.3, 0.4) is 0 Å². The van der Waals surface area contributed by atoms with E-state index in [1.807, 2.05) is 0 Å². The van der Waals surface area contributed by atoms with Crippen molar-refractivity contribution in [3.8, 4) is 0 Å². The monoisotopic (exact) mass is 218 g/mol. The van der Waals surface area contributed by atoms with Crippen LogP contribution < -0.4 is 5.19 Å². The lowest BCUT2D eigenvalue weighted by atomic mass is 10.1. The maximum absolute atomic E-state index is 5.97. The molecule has 1 rings (SSSR count). The molecule has 1 aromatic rings. The smallest absolute Gasteiger partial charge is 0.144 e. The Kier molecular flexibility index (Phi) is 3.21. The van der Waals surface area contributed by atoms with Crippen molar-refractivity contribution in [2.24, 2.45) is 0 Å². The predicted octanol–water partition coefficient (Wildman–Crippen LogP) is 2.52. The lowest BCUT2D eigenvalue weighted by molar-refractivity contribution is 1.35. The molecule has 1 aromatic carbocycles. The molecule has 0 fully saturated rings. The Bertz CT molecular complexity index is 272. The number of rotatable bonds is 1. The Hall–Kier alpha value is 0.0169. The van der Waals surface area contributed by atoms with Gasteiger partial charge < -0.3 is 0 Å². The average Bonchev–Trinajstić information content (AvgIpc) is 1.82. The van der Waals surface area contributed by atoms with E-state index in [4.69, 9.17) is 22.2 Å². The Morgan fingerprint density at radius 3 is 1.75 bits per heavy atom. The Balaban J connectivity index is 3.28. The van der Waals surface area contributed by atoms with Gasteiger partial charge in [0.25, 0.3) is 7.42 Å². The van der Waals surface area contributed by atoms with Gasteiger partial charge in [-0.15, -0.1) is 22.2 Å². The summed E-state index contributed by atoms with van der Waals surface area (Å²) in [4.78, 5) is 0. The van der Waals surface area contributed by atoms with Crippen LogP contribution in [0, 0.1) is 20.8 Å². The van der Waals surface area contributed by atoms with Crippen molar-refractivity contribution >= 4 is 34.8 Å². The molecular formula is C9H12Cl2Si. The van der Waals surface area contributed by atoms with Crippen molar-refractivity contribution in [2.75, 3.05) is 0 Å². The first-order valence-electron chi connectivity index (χ1n) is 3.88. The van der Waals surface area contributed by atoms with E-state index in [0.29, 0.717) is 0 Å². The van der Waals surface area contributed by atoms with Crippen LogP contribution in [0.15, 0.2) is 12.1 Å². The maximum atomic E-state index is 5.97. The Morgan fingerprint density at radius 2 is 1.42 bits per heavy atom. The van der Waals surface area contributed by atoms with E-state index in [1.54, 1.807) is 0 Å². The molecule has 0 aromatic heterocycles. The highest BCUT2D eigenvalue weighted by Crippen LogP contribution is 2.10. The summed E-state index contributed by atoms with van der Waals surface area (Å²) in [5, 5.41) is 1.18. The SMILES string of the molecule is Cc1cc(C)c([SiH](Cl)Cl)c(C)c1. The van der Waals surface area contributed by atoms with Crippen LogP contribution in [0.1, 0.15) is 16.7 Å². The van der Waals surface area contributed by atoms with Gasteiger partial charge >= 0.3 is 0 Å². The number of hydrogen-bond donors (Lipinski definition) is 0. The molecule has 0 bridgehead atoms. The number of halogens is 2. The second-order valence-electron chi connectivity index (χ2n) is 3.11. The largest absolute Gasteiger partial charge is 0.267 e. The van der Waals surface area contributed by atoms with E-state index in [9.17, 15) is 0 Å². The topological polar surface area (TPSA) is 0 Å². The van der Waals surface area contributed by atoms with Gasteiger partial charge in [-0.05, 0) is 37.1 Å². The summed E-state index contributed by atoms with van der Waals surface area (Å²) in [6.07, 6.45) is 0. The second-order valence-corrected chi connectivity index (χ2v) is 7.58. The van der Waals surface area contributed by atoms with E-state index in [0.717, 1.165) is 0 Å². The van der Waals surface area contributed by atoms with Crippen LogP contribution in [-0.2, 0) is 0 Å². The Morgan fingerprint density at radius 1 is 1.00 bits per heavy atom. The van der Waals surface area contributed by atoms with E-state index in [2.05, 4.69) is 32.9 Å². The molecule has 0 N–H and O–H groups in total. The number of hydrogen-bond acceptors (Lipinski definition) is 0. The van der Waals surface area contributed by atoms with Gasteiger partial charge in [0.15, 0.2) is 0 Å². The molecule has 0 saturated carbocycles. The minimum Gasteiger partial charge on any atom is -0.144 e. The minimum atomic E-state index is -1.68. The van der Waals surface area contributed by atoms with Crippen LogP contribution in [0.5, 0.6) is 0 Å². The molecule has 3 heteroatoms. The summed E-state index contributed by atoms with van der Waals surface area (Å²) in [5.74, 6) is 0. The normalized spacial score (nSPS) is 10.8. The van der Waals surface area contributed by atoms with Crippen molar-refractivity contribution < 1.29 is 0 Å². The molecule has 0 unspecified atom stereocenters. The first-order valence-corrected chi connectivity index (χ1v) is 7.95. The molecule has 0 amide bonds. The molecule has 0 aliphatic rings. The summed E-state index contributed by atoms with van der Waals surface area (Å²) in [7, 11) is -1.68. The van der Waals surface area contributed by atoms with Gasteiger partial charge in [-0.2, -0.15) is 0 Å². The summed E-state index contributed by atoms with van der Waals surface area (Å²) < 4.78 is 0. The van der Waals surface area contributed by atoms with E-state index in [-0.39, 0.29) is 0 Å². The third-order valence-corrected chi connectivity index (χ3v) is 4.61. The fourth-order valence-corrected chi connectivity index (χ4v) is 4.46. The van der Waals surface area contributed by atoms with Gasteiger partial charge in [-0.25, -0.2) is 0 Å². The summed E-state index contributed by atoms with van der Waals surface area (Å²) >= 11 is 11.9. The van der Waals surface area contributed by atoms with Gasteiger partial charge in [-0.3, -0.25) is 0 Å². The summed E-state index contributed by atoms with van der Waals surface area (Å²) in [6.45, 7) is 6.23. The minimum absolute atomic E-state index is 1.18.